The molecule has 0 N–H and O–H groups in total. The van der Waals surface area contributed by atoms with Gasteiger partial charge in [0.25, 0.3) is 14.7 Å². The molecule has 0 unspecified atom stereocenters. The summed E-state index contributed by atoms with van der Waals surface area (Å²) in [5.41, 5.74) is 8.29. The van der Waals surface area contributed by atoms with Gasteiger partial charge in [0.15, 0.2) is 0 Å². The summed E-state index contributed by atoms with van der Waals surface area (Å²) in [6.07, 6.45) is 1.21. The van der Waals surface area contributed by atoms with E-state index in [0.717, 1.165) is 44.5 Å². The van der Waals surface area contributed by atoms with Crippen LogP contribution in [0.5, 0.6) is 11.5 Å². The Hall–Kier alpha value is -3.84. The van der Waals surface area contributed by atoms with Gasteiger partial charge in [0.05, 0.1) is 24.6 Å². The molecule has 0 radical (unpaired) electrons. The molecule has 0 aliphatic carbocycles. The van der Waals surface area contributed by atoms with Crippen molar-refractivity contribution in [2.24, 2.45) is 0 Å². The van der Waals surface area contributed by atoms with Crippen LogP contribution in [-0.2, 0) is 33.8 Å². The van der Waals surface area contributed by atoms with Crippen LogP contribution in [0, 0.1) is 27.7 Å². The third-order valence-corrected chi connectivity index (χ3v) is 12.4. The summed E-state index contributed by atoms with van der Waals surface area (Å²) in [5, 5.41) is 0. The summed E-state index contributed by atoms with van der Waals surface area (Å²) < 4.78 is 42.2. The molecule has 0 heterocycles. The third kappa shape index (κ3) is 8.20. The van der Waals surface area contributed by atoms with Crippen LogP contribution in [-0.4, -0.2) is 0 Å². The number of aryl methyl sites for hydroxylation is 4. The smallest absolute Gasteiger partial charge is 0.256 e. The molecule has 0 atom stereocenters. The van der Waals surface area contributed by atoms with E-state index in [1.807, 2.05) is 131 Å². The summed E-state index contributed by atoms with van der Waals surface area (Å²) >= 11 is 0. The summed E-state index contributed by atoms with van der Waals surface area (Å²) in [6.45, 7) is 8.12. The second kappa shape index (κ2) is 13.9. The van der Waals surface area contributed by atoms with Gasteiger partial charge in [-0.1, -0.05) is 103 Å². The van der Waals surface area contributed by atoms with Gasteiger partial charge in [0, 0.05) is 6.07 Å². The lowest BCUT2D eigenvalue weighted by molar-refractivity contribution is 0.469. The highest BCUT2D eigenvalue weighted by atomic mass is 31.2. The Balaban J connectivity index is 1.46. The Bertz CT molecular complexity index is 1610. The highest BCUT2D eigenvalue weighted by molar-refractivity contribution is 7.58. The molecule has 0 aliphatic rings. The summed E-state index contributed by atoms with van der Waals surface area (Å²) in [6, 6.07) is 39.1. The van der Waals surface area contributed by atoms with Crippen LogP contribution in [0.3, 0.4) is 0 Å². The van der Waals surface area contributed by atoms with Gasteiger partial charge in [-0.05, 0) is 84.3 Å². The zero-order valence-corrected chi connectivity index (χ0v) is 27.7. The lowest BCUT2D eigenvalue weighted by Gasteiger charge is -2.24. The third-order valence-electron chi connectivity index (χ3n) is 8.04. The first-order chi connectivity index (χ1) is 21.1. The first-order valence-corrected chi connectivity index (χ1v) is 18.9. The molecule has 0 aliphatic heterocycles. The van der Waals surface area contributed by atoms with E-state index in [2.05, 4.69) is 0 Å². The SMILES string of the molecule is Cc1ccccc1CP(=O)(Cc1ccccc1C)Oc1cccc(OP(=O)(Cc2ccccc2C)Cc2ccccc2C)c1. The molecule has 0 aromatic heterocycles. The van der Waals surface area contributed by atoms with Crippen LogP contribution < -0.4 is 9.05 Å². The van der Waals surface area contributed by atoms with E-state index in [9.17, 15) is 9.13 Å². The van der Waals surface area contributed by atoms with Crippen LogP contribution in [0.25, 0.3) is 0 Å². The molecular weight excluding hydrogens is 582 g/mol. The molecule has 6 heteroatoms. The number of benzene rings is 5. The van der Waals surface area contributed by atoms with E-state index in [4.69, 9.17) is 9.05 Å². The van der Waals surface area contributed by atoms with Crippen molar-refractivity contribution in [1.29, 1.82) is 0 Å². The standard InChI is InChI=1S/C38H40O4P2/c1-29-14-5-9-18-33(29)25-43(39,26-34-19-10-6-15-30(34)2)41-37-22-13-23-38(24-37)42-44(40,27-35-20-11-7-16-31(35)3)28-36-21-12-8-17-32(36)4/h5-24H,25-28H2,1-4H3. The highest BCUT2D eigenvalue weighted by Gasteiger charge is 2.30. The minimum atomic E-state index is -3.26. The lowest BCUT2D eigenvalue weighted by Crippen LogP contribution is -2.04. The van der Waals surface area contributed by atoms with Crippen LogP contribution in [0.1, 0.15) is 44.5 Å². The van der Waals surface area contributed by atoms with Crippen LogP contribution in [0.15, 0.2) is 121 Å². The molecule has 0 bridgehead atoms. The fourth-order valence-corrected chi connectivity index (χ4v) is 10.4. The average Bonchev–Trinajstić information content (AvgIpc) is 2.98. The maximum absolute atomic E-state index is 14.7. The minimum absolute atomic E-state index is 0.304. The molecule has 0 spiro atoms. The topological polar surface area (TPSA) is 52.6 Å². The fourth-order valence-electron chi connectivity index (χ4n) is 5.40. The van der Waals surface area contributed by atoms with Crippen molar-refractivity contribution in [3.8, 4) is 11.5 Å². The van der Waals surface area contributed by atoms with Crippen LogP contribution in [0.4, 0.5) is 0 Å². The zero-order valence-electron chi connectivity index (χ0n) is 25.9. The largest absolute Gasteiger partial charge is 0.442 e. The fraction of sp³-hybridized carbons (Fsp3) is 0.211. The van der Waals surface area contributed by atoms with E-state index in [-0.39, 0.29) is 0 Å². The van der Waals surface area contributed by atoms with Crippen molar-refractivity contribution < 1.29 is 18.2 Å². The van der Waals surface area contributed by atoms with E-state index >= 15 is 0 Å². The van der Waals surface area contributed by atoms with E-state index in [0.29, 0.717) is 36.1 Å². The molecule has 0 amide bonds. The molecule has 5 aromatic rings. The molecule has 5 rings (SSSR count). The van der Waals surface area contributed by atoms with Gasteiger partial charge in [-0.2, -0.15) is 0 Å². The van der Waals surface area contributed by atoms with Crippen LogP contribution >= 0.6 is 14.7 Å². The molecule has 0 saturated heterocycles. The monoisotopic (exact) mass is 622 g/mol. The van der Waals surface area contributed by atoms with E-state index in [1.54, 1.807) is 18.2 Å². The van der Waals surface area contributed by atoms with Crippen molar-refractivity contribution >= 4 is 14.7 Å². The Kier molecular flexibility index (Phi) is 9.94. The maximum Gasteiger partial charge on any atom is 0.256 e. The number of hydrogen-bond donors (Lipinski definition) is 0. The normalized spacial score (nSPS) is 11.7. The van der Waals surface area contributed by atoms with Crippen molar-refractivity contribution in [1.82, 2.24) is 0 Å². The first kappa shape index (κ1) is 31.6. The predicted octanol–water partition coefficient (Wildman–Crippen LogP) is 11.0. The van der Waals surface area contributed by atoms with E-state index in [1.165, 1.54) is 0 Å². The zero-order chi connectivity index (χ0) is 31.2. The Morgan fingerprint density at radius 2 is 0.682 bits per heavy atom. The second-order valence-corrected chi connectivity index (χ2v) is 16.5. The Morgan fingerprint density at radius 3 is 0.955 bits per heavy atom. The first-order valence-electron chi connectivity index (χ1n) is 14.9. The van der Waals surface area contributed by atoms with Crippen molar-refractivity contribution in [3.05, 3.63) is 166 Å². The number of rotatable bonds is 12. The maximum atomic E-state index is 14.7. The average molecular weight is 623 g/mol. The Labute approximate surface area is 262 Å². The molecule has 0 fully saturated rings. The molecule has 44 heavy (non-hydrogen) atoms. The summed E-state index contributed by atoms with van der Waals surface area (Å²) in [5.74, 6) is 0.873. The molecule has 226 valence electrons. The lowest BCUT2D eigenvalue weighted by atomic mass is 10.1. The molecule has 5 aromatic carbocycles. The predicted molar refractivity (Wildman–Crippen MR) is 182 cm³/mol. The van der Waals surface area contributed by atoms with E-state index < -0.39 is 14.7 Å². The molecule has 0 saturated carbocycles. The van der Waals surface area contributed by atoms with Gasteiger partial charge in [-0.15, -0.1) is 0 Å². The van der Waals surface area contributed by atoms with Gasteiger partial charge >= 0.3 is 0 Å². The molecule has 4 nitrogen and oxygen atoms in total. The van der Waals surface area contributed by atoms with Crippen molar-refractivity contribution in [2.75, 3.05) is 0 Å². The summed E-state index contributed by atoms with van der Waals surface area (Å²) in [4.78, 5) is 0. The van der Waals surface area contributed by atoms with Crippen LogP contribution in [0.2, 0.25) is 0 Å². The van der Waals surface area contributed by atoms with Gasteiger partial charge in [0.1, 0.15) is 11.5 Å². The quantitative estimate of drug-likeness (QED) is 0.130. The van der Waals surface area contributed by atoms with Crippen molar-refractivity contribution in [2.45, 2.75) is 52.3 Å². The Morgan fingerprint density at radius 1 is 0.409 bits per heavy atom. The van der Waals surface area contributed by atoms with Gasteiger partial charge in [-0.3, -0.25) is 9.13 Å². The van der Waals surface area contributed by atoms with Gasteiger partial charge in [0.2, 0.25) is 0 Å². The number of hydrogen-bond acceptors (Lipinski definition) is 4. The van der Waals surface area contributed by atoms with Crippen molar-refractivity contribution in [3.63, 3.8) is 0 Å². The van der Waals surface area contributed by atoms with Gasteiger partial charge in [-0.25, -0.2) is 0 Å². The second-order valence-electron chi connectivity index (χ2n) is 11.6. The minimum Gasteiger partial charge on any atom is -0.442 e. The highest BCUT2D eigenvalue weighted by Crippen LogP contribution is 2.56. The molecular formula is C38H40O4P2. The summed E-state index contributed by atoms with van der Waals surface area (Å²) in [7, 11) is -6.51. The van der Waals surface area contributed by atoms with Gasteiger partial charge < -0.3 is 9.05 Å².